The first kappa shape index (κ1) is 26.2. The molecule has 0 aromatic heterocycles. The summed E-state index contributed by atoms with van der Waals surface area (Å²) >= 11 is 0. The third kappa shape index (κ3) is 8.80. The Morgan fingerprint density at radius 2 is 1.45 bits per heavy atom. The number of ether oxygens (including phenoxy) is 1. The van der Waals surface area contributed by atoms with Crippen LogP contribution in [0.25, 0.3) is 0 Å². The molecular formula is C29H38O2. The molecule has 0 atom stereocenters. The monoisotopic (exact) mass is 418 g/mol. The average molecular weight is 419 g/mol. The third-order valence-corrected chi connectivity index (χ3v) is 5.06. The molecule has 2 heteroatoms. The van der Waals surface area contributed by atoms with Gasteiger partial charge in [0.05, 0.1) is 0 Å². The van der Waals surface area contributed by atoms with Gasteiger partial charge < -0.3 is 4.74 Å². The van der Waals surface area contributed by atoms with E-state index in [9.17, 15) is 4.79 Å². The number of hydrogen-bond acceptors (Lipinski definition) is 2. The van der Waals surface area contributed by atoms with Crippen LogP contribution in [0.4, 0.5) is 0 Å². The minimum absolute atomic E-state index is 0.0681. The molecule has 0 saturated heterocycles. The first-order chi connectivity index (χ1) is 14.8. The van der Waals surface area contributed by atoms with E-state index < -0.39 is 0 Å². The van der Waals surface area contributed by atoms with Gasteiger partial charge in [-0.2, -0.15) is 0 Å². The molecule has 0 aliphatic rings. The van der Waals surface area contributed by atoms with Crippen molar-refractivity contribution in [2.75, 3.05) is 0 Å². The van der Waals surface area contributed by atoms with Gasteiger partial charge in [-0.05, 0) is 81.0 Å². The van der Waals surface area contributed by atoms with E-state index in [1.54, 1.807) is 6.92 Å². The quantitative estimate of drug-likeness (QED) is 0.393. The van der Waals surface area contributed by atoms with Crippen LogP contribution >= 0.6 is 0 Å². The third-order valence-electron chi connectivity index (χ3n) is 5.06. The summed E-state index contributed by atoms with van der Waals surface area (Å²) in [6.07, 6.45) is 1.14. The van der Waals surface area contributed by atoms with Crippen molar-refractivity contribution in [3.63, 3.8) is 0 Å². The molecule has 166 valence electrons. The average Bonchev–Trinajstić information content (AvgIpc) is 2.77. The van der Waals surface area contributed by atoms with Crippen LogP contribution in [0.15, 0.2) is 60.7 Å². The van der Waals surface area contributed by atoms with Crippen LogP contribution in [-0.4, -0.2) is 5.78 Å². The highest BCUT2D eigenvalue weighted by Crippen LogP contribution is 2.19. The van der Waals surface area contributed by atoms with Crippen LogP contribution < -0.4 is 4.74 Å². The Balaban J connectivity index is 0.000000337. The largest absolute Gasteiger partial charge is 0.489 e. The van der Waals surface area contributed by atoms with Gasteiger partial charge in [-0.3, -0.25) is 4.79 Å². The summed E-state index contributed by atoms with van der Waals surface area (Å²) in [6.45, 7) is 16.6. The Labute approximate surface area is 189 Å². The van der Waals surface area contributed by atoms with E-state index in [-0.39, 0.29) is 5.78 Å². The fourth-order valence-electron chi connectivity index (χ4n) is 3.06. The zero-order valence-corrected chi connectivity index (χ0v) is 20.5. The number of rotatable bonds is 5. The second kappa shape index (κ2) is 13.4. The lowest BCUT2D eigenvalue weighted by atomic mass is 10.1. The summed E-state index contributed by atoms with van der Waals surface area (Å²) in [7, 11) is 0. The van der Waals surface area contributed by atoms with Crippen LogP contribution in [-0.2, 0) is 13.0 Å². The minimum Gasteiger partial charge on any atom is -0.489 e. The predicted octanol–water partition coefficient (Wildman–Crippen LogP) is 7.98. The number of aryl methyl sites for hydroxylation is 5. The summed E-state index contributed by atoms with van der Waals surface area (Å²) < 4.78 is 5.74. The maximum absolute atomic E-state index is 11.5. The van der Waals surface area contributed by atoms with Gasteiger partial charge in [-0.15, -0.1) is 0 Å². The van der Waals surface area contributed by atoms with Crippen molar-refractivity contribution in [2.45, 2.75) is 68.4 Å². The highest BCUT2D eigenvalue weighted by molar-refractivity contribution is 5.95. The van der Waals surface area contributed by atoms with Crippen molar-refractivity contribution in [3.05, 3.63) is 99.6 Å². The fraction of sp³-hybridized carbons (Fsp3) is 0.345. The van der Waals surface area contributed by atoms with Gasteiger partial charge in [0.2, 0.25) is 0 Å². The molecular weight excluding hydrogens is 380 g/mol. The van der Waals surface area contributed by atoms with Gasteiger partial charge in [0, 0.05) is 5.56 Å². The van der Waals surface area contributed by atoms with Crippen LogP contribution in [0.1, 0.15) is 71.4 Å². The van der Waals surface area contributed by atoms with Crippen LogP contribution in [0.2, 0.25) is 0 Å². The summed E-state index contributed by atoms with van der Waals surface area (Å²) in [6, 6.07) is 20.5. The predicted molar refractivity (Wildman–Crippen MR) is 133 cm³/mol. The molecule has 0 fully saturated rings. The van der Waals surface area contributed by atoms with E-state index in [2.05, 4.69) is 58.0 Å². The fourth-order valence-corrected chi connectivity index (χ4v) is 3.06. The zero-order valence-electron chi connectivity index (χ0n) is 20.5. The summed E-state index contributed by atoms with van der Waals surface area (Å²) in [5.41, 5.74) is 8.27. The lowest BCUT2D eigenvalue weighted by molar-refractivity contribution is 0.101. The number of benzene rings is 3. The van der Waals surface area contributed by atoms with Crippen molar-refractivity contribution >= 4 is 5.78 Å². The summed E-state index contributed by atoms with van der Waals surface area (Å²) in [4.78, 5) is 11.5. The van der Waals surface area contributed by atoms with E-state index >= 15 is 0 Å². The zero-order chi connectivity index (χ0) is 23.4. The molecule has 0 bridgehead atoms. The Kier molecular flexibility index (Phi) is 11.3. The van der Waals surface area contributed by atoms with Gasteiger partial charge in [-0.25, -0.2) is 0 Å². The van der Waals surface area contributed by atoms with Gasteiger partial charge in [-0.1, -0.05) is 74.9 Å². The Hall–Kier alpha value is -2.87. The first-order valence-corrected chi connectivity index (χ1v) is 11.2. The molecule has 0 radical (unpaired) electrons. The molecule has 3 aromatic carbocycles. The summed E-state index contributed by atoms with van der Waals surface area (Å²) in [5.74, 6) is 0.802. The maximum atomic E-state index is 11.5. The number of Topliss-reactive ketones (excluding diaryl/α,β-unsaturated/α-hetero) is 1. The van der Waals surface area contributed by atoms with Gasteiger partial charge >= 0.3 is 0 Å². The first-order valence-electron chi connectivity index (χ1n) is 11.2. The molecule has 0 heterocycles. The number of carbonyl (C=O) groups is 1. The molecule has 3 aromatic rings. The normalized spacial score (nSPS) is 9.68. The minimum atomic E-state index is 0.0681. The van der Waals surface area contributed by atoms with Crippen molar-refractivity contribution in [1.29, 1.82) is 0 Å². The SMILES string of the molecule is CC.CC(=O)c1cc(OCc2cccc(C)c2)ccc1C.CCc1ccc(C)c(C)c1. The molecule has 2 nitrogen and oxygen atoms in total. The van der Waals surface area contributed by atoms with Crippen LogP contribution in [0.3, 0.4) is 0 Å². The highest BCUT2D eigenvalue weighted by Gasteiger charge is 2.06. The Morgan fingerprint density at radius 3 is 2.03 bits per heavy atom. The van der Waals surface area contributed by atoms with E-state index in [1.165, 1.54) is 22.3 Å². The lowest BCUT2D eigenvalue weighted by Gasteiger charge is -2.09. The smallest absolute Gasteiger partial charge is 0.160 e. The number of ketones is 1. The molecule has 0 unspecified atom stereocenters. The summed E-state index contributed by atoms with van der Waals surface area (Å²) in [5, 5.41) is 0. The van der Waals surface area contributed by atoms with E-state index in [1.807, 2.05) is 51.1 Å². The number of carbonyl (C=O) groups excluding carboxylic acids is 1. The van der Waals surface area contributed by atoms with E-state index in [4.69, 9.17) is 4.74 Å². The molecule has 0 N–H and O–H groups in total. The van der Waals surface area contributed by atoms with Crippen molar-refractivity contribution in [1.82, 2.24) is 0 Å². The second-order valence-corrected chi connectivity index (χ2v) is 7.58. The molecule has 3 rings (SSSR count). The molecule has 31 heavy (non-hydrogen) atoms. The maximum Gasteiger partial charge on any atom is 0.160 e. The van der Waals surface area contributed by atoms with Gasteiger partial charge in [0.25, 0.3) is 0 Å². The Bertz CT molecular complexity index is 970. The van der Waals surface area contributed by atoms with Crippen molar-refractivity contribution in [3.8, 4) is 5.75 Å². The molecule has 0 aliphatic heterocycles. The van der Waals surface area contributed by atoms with Crippen LogP contribution in [0.5, 0.6) is 5.75 Å². The van der Waals surface area contributed by atoms with E-state index in [0.717, 1.165) is 28.9 Å². The van der Waals surface area contributed by atoms with Crippen molar-refractivity contribution in [2.24, 2.45) is 0 Å². The molecule has 0 amide bonds. The molecule has 0 aliphatic carbocycles. The standard InChI is InChI=1S/C17H18O2.C10H14.C2H6/c1-12-5-4-6-15(9-12)11-19-16-8-7-13(2)17(10-16)14(3)18;1-4-10-6-5-8(2)9(3)7-10;1-2/h4-10H,11H2,1-3H3;5-7H,4H2,1-3H3;1-2H3. The topological polar surface area (TPSA) is 26.3 Å². The number of hydrogen-bond donors (Lipinski definition) is 0. The second-order valence-electron chi connectivity index (χ2n) is 7.58. The molecule has 0 spiro atoms. The van der Waals surface area contributed by atoms with Crippen LogP contribution in [0, 0.1) is 27.7 Å². The van der Waals surface area contributed by atoms with Gasteiger partial charge in [0.1, 0.15) is 12.4 Å². The highest BCUT2D eigenvalue weighted by atomic mass is 16.5. The lowest BCUT2D eigenvalue weighted by Crippen LogP contribution is -2.00. The van der Waals surface area contributed by atoms with Crippen molar-refractivity contribution < 1.29 is 9.53 Å². The molecule has 0 saturated carbocycles. The van der Waals surface area contributed by atoms with E-state index in [0.29, 0.717) is 6.61 Å². The Morgan fingerprint density at radius 1 is 0.774 bits per heavy atom. The van der Waals surface area contributed by atoms with Gasteiger partial charge in [0.15, 0.2) is 5.78 Å².